The van der Waals surface area contributed by atoms with Crippen molar-refractivity contribution >= 4 is 33.5 Å². The van der Waals surface area contributed by atoms with Gasteiger partial charge in [-0.1, -0.05) is 38.1 Å². The van der Waals surface area contributed by atoms with Crippen molar-refractivity contribution < 1.29 is 18.7 Å². The first-order valence-electron chi connectivity index (χ1n) is 13.3. The number of carbonyl (C=O) groups is 2. The third kappa shape index (κ3) is 5.27. The van der Waals surface area contributed by atoms with E-state index in [1.165, 1.54) is 19.1 Å². The second kappa shape index (κ2) is 11.1. The van der Waals surface area contributed by atoms with Crippen LogP contribution in [0.15, 0.2) is 66.9 Å². The molecule has 0 fully saturated rings. The summed E-state index contributed by atoms with van der Waals surface area (Å²) in [7, 11) is 1.69. The van der Waals surface area contributed by atoms with Crippen LogP contribution in [-0.4, -0.2) is 46.7 Å². The second-order valence-electron chi connectivity index (χ2n) is 10.8. The van der Waals surface area contributed by atoms with Crippen LogP contribution in [0, 0.1) is 5.82 Å². The molecule has 0 unspecified atom stereocenters. The normalized spacial score (nSPS) is 11.8. The molecule has 2 N–H and O–H groups in total. The molecule has 0 spiro atoms. The number of hydrogen-bond donors (Lipinski definition) is 2. The van der Waals surface area contributed by atoms with Crippen molar-refractivity contribution in [3.05, 3.63) is 83.9 Å². The Labute approximate surface area is 232 Å². The van der Waals surface area contributed by atoms with Gasteiger partial charge in [0, 0.05) is 65.7 Å². The molecule has 0 aliphatic heterocycles. The van der Waals surface area contributed by atoms with Crippen LogP contribution in [0.1, 0.15) is 49.7 Å². The molecule has 206 valence electrons. The maximum atomic E-state index is 14.0. The number of nitrogens with one attached hydrogen (secondary N) is 2. The number of H-pyrrole nitrogens is 1. The highest BCUT2D eigenvalue weighted by atomic mass is 19.1. The van der Waals surface area contributed by atoms with Gasteiger partial charge >= 0.3 is 0 Å². The first kappa shape index (κ1) is 27.3. The molecule has 0 saturated heterocycles. The number of amides is 1. The quantitative estimate of drug-likeness (QED) is 0.160. The number of aromatic amines is 1. The fraction of sp³-hybridized carbons (Fsp3) is 0.281. The summed E-state index contributed by atoms with van der Waals surface area (Å²) in [5.41, 5.74) is 5.90. The molecule has 0 saturated carbocycles. The van der Waals surface area contributed by atoms with Crippen LogP contribution in [0.4, 0.5) is 4.39 Å². The van der Waals surface area contributed by atoms with Crippen molar-refractivity contribution in [2.45, 2.75) is 39.0 Å². The van der Waals surface area contributed by atoms with E-state index in [1.807, 2.05) is 24.3 Å². The molecule has 40 heavy (non-hydrogen) atoms. The van der Waals surface area contributed by atoms with Gasteiger partial charge in [0.25, 0.3) is 0 Å². The minimum absolute atomic E-state index is 0.0322. The summed E-state index contributed by atoms with van der Waals surface area (Å²) in [6.07, 6.45) is 2.73. The molecule has 2 aromatic heterocycles. The maximum absolute atomic E-state index is 14.0. The van der Waals surface area contributed by atoms with E-state index in [0.29, 0.717) is 31.6 Å². The van der Waals surface area contributed by atoms with E-state index in [-0.39, 0.29) is 17.5 Å². The third-order valence-electron chi connectivity index (χ3n) is 7.21. The molecule has 5 aromatic rings. The van der Waals surface area contributed by atoms with Gasteiger partial charge in [0.05, 0.1) is 23.8 Å². The number of nitrogens with zero attached hydrogens (tertiary/aromatic N) is 2. The highest BCUT2D eigenvalue weighted by Gasteiger charge is 2.32. The zero-order chi connectivity index (χ0) is 28.4. The highest BCUT2D eigenvalue weighted by molar-refractivity contribution is 6.06. The third-order valence-corrected chi connectivity index (χ3v) is 7.21. The molecule has 0 radical (unpaired) electrons. The van der Waals surface area contributed by atoms with Crippen molar-refractivity contribution in [3.63, 3.8) is 0 Å². The van der Waals surface area contributed by atoms with Crippen molar-refractivity contribution in [2.24, 2.45) is 0 Å². The topological polar surface area (TPSA) is 89.0 Å². The largest absolute Gasteiger partial charge is 0.384 e. The number of hydrogen-bond acceptors (Lipinski definition) is 4. The van der Waals surface area contributed by atoms with Crippen molar-refractivity contribution in [1.82, 2.24) is 20.1 Å². The fourth-order valence-electron chi connectivity index (χ4n) is 5.43. The van der Waals surface area contributed by atoms with E-state index < -0.39 is 5.41 Å². The number of rotatable bonds is 10. The Kier molecular flexibility index (Phi) is 7.54. The summed E-state index contributed by atoms with van der Waals surface area (Å²) in [4.78, 5) is 23.9. The average molecular weight is 541 g/mol. The Hall–Kier alpha value is -4.30. The summed E-state index contributed by atoms with van der Waals surface area (Å²) in [6.45, 7) is 6.67. The standard InChI is InChI=1S/C32H33FN4O3/c1-20(38)34-15-5-6-29(39)21-7-9-22(10-8-21)30-26-17-27-23(18-35-36-27)16-28(26)37(25-13-11-24(33)12-14-25)31(30)32(2,3)19-40-4/h7-14,16-18H,5-6,15,19H2,1-4H3,(H,34,38)(H,35,36). The number of fused-ring (bicyclic) bond motifs is 2. The number of Topliss-reactive ketones (excluding diaryl/α,β-unsaturated/α-hetero) is 1. The molecule has 0 aliphatic rings. The Morgan fingerprint density at radius 3 is 2.48 bits per heavy atom. The van der Waals surface area contributed by atoms with E-state index in [9.17, 15) is 14.0 Å². The van der Waals surface area contributed by atoms with E-state index in [4.69, 9.17) is 4.74 Å². The molecule has 0 aliphatic carbocycles. The lowest BCUT2D eigenvalue weighted by Gasteiger charge is -2.28. The van der Waals surface area contributed by atoms with Crippen LogP contribution in [0.25, 0.3) is 38.6 Å². The van der Waals surface area contributed by atoms with Gasteiger partial charge in [-0.15, -0.1) is 0 Å². The molecule has 5 rings (SSSR count). The first-order chi connectivity index (χ1) is 19.2. The summed E-state index contributed by atoms with van der Waals surface area (Å²) in [6, 6.07) is 18.4. The number of ketones is 1. The molecule has 1 amide bonds. The zero-order valence-corrected chi connectivity index (χ0v) is 23.2. The maximum Gasteiger partial charge on any atom is 0.216 e. The van der Waals surface area contributed by atoms with Gasteiger partial charge in [0.15, 0.2) is 5.78 Å². The Morgan fingerprint density at radius 2 is 1.80 bits per heavy atom. The van der Waals surface area contributed by atoms with Gasteiger partial charge < -0.3 is 14.6 Å². The van der Waals surface area contributed by atoms with Crippen molar-refractivity contribution in [1.29, 1.82) is 0 Å². The molecule has 3 aromatic carbocycles. The number of aromatic nitrogens is 3. The lowest BCUT2D eigenvalue weighted by atomic mass is 9.84. The van der Waals surface area contributed by atoms with Gasteiger partial charge in [0.1, 0.15) is 5.82 Å². The number of methoxy groups -OCH3 is 1. The van der Waals surface area contributed by atoms with Crippen molar-refractivity contribution in [2.75, 3.05) is 20.3 Å². The lowest BCUT2D eigenvalue weighted by molar-refractivity contribution is -0.118. The lowest BCUT2D eigenvalue weighted by Crippen LogP contribution is -2.27. The summed E-state index contributed by atoms with van der Waals surface area (Å²) in [5.74, 6) is -0.367. The Bertz CT molecular complexity index is 1680. The highest BCUT2D eigenvalue weighted by Crippen LogP contribution is 2.44. The molecule has 2 heterocycles. The zero-order valence-electron chi connectivity index (χ0n) is 23.2. The predicted molar refractivity (Wildman–Crippen MR) is 155 cm³/mol. The monoisotopic (exact) mass is 540 g/mol. The van der Waals surface area contributed by atoms with E-state index in [2.05, 4.69) is 46.1 Å². The molecule has 0 bridgehead atoms. The molecular weight excluding hydrogens is 507 g/mol. The van der Waals surface area contributed by atoms with Gasteiger partial charge in [-0.25, -0.2) is 4.39 Å². The van der Waals surface area contributed by atoms with E-state index in [0.717, 1.165) is 44.3 Å². The SMILES string of the molecule is COCC(C)(C)c1c(-c2ccc(C(=O)CCCNC(C)=O)cc2)c2cc3[nH]ncc3cc2n1-c1ccc(F)cc1. The minimum Gasteiger partial charge on any atom is -0.384 e. The first-order valence-corrected chi connectivity index (χ1v) is 13.3. The van der Waals surface area contributed by atoms with Gasteiger partial charge in [0.2, 0.25) is 5.91 Å². The smallest absolute Gasteiger partial charge is 0.216 e. The van der Waals surface area contributed by atoms with Crippen LogP contribution in [0.2, 0.25) is 0 Å². The van der Waals surface area contributed by atoms with Crippen LogP contribution < -0.4 is 5.32 Å². The van der Waals surface area contributed by atoms with Crippen LogP contribution >= 0.6 is 0 Å². The predicted octanol–water partition coefficient (Wildman–Crippen LogP) is 6.34. The van der Waals surface area contributed by atoms with Crippen LogP contribution in [0.3, 0.4) is 0 Å². The average Bonchev–Trinajstić information content (AvgIpc) is 3.52. The van der Waals surface area contributed by atoms with E-state index in [1.54, 1.807) is 25.4 Å². The van der Waals surface area contributed by atoms with Gasteiger partial charge in [-0.3, -0.25) is 14.7 Å². The number of carbonyl (C=O) groups excluding carboxylic acids is 2. The molecular formula is C32H33FN4O3. The Morgan fingerprint density at radius 1 is 1.07 bits per heavy atom. The summed E-state index contributed by atoms with van der Waals surface area (Å²) < 4.78 is 21.8. The molecule has 0 atom stereocenters. The summed E-state index contributed by atoms with van der Waals surface area (Å²) in [5, 5.41) is 12.0. The molecule has 8 heteroatoms. The van der Waals surface area contributed by atoms with E-state index >= 15 is 0 Å². The molecule has 7 nitrogen and oxygen atoms in total. The minimum atomic E-state index is -0.429. The number of benzene rings is 3. The van der Waals surface area contributed by atoms with Crippen LogP contribution in [-0.2, 0) is 14.9 Å². The number of halogens is 1. The van der Waals surface area contributed by atoms with Gasteiger partial charge in [-0.05, 0) is 48.4 Å². The fourth-order valence-corrected chi connectivity index (χ4v) is 5.43. The summed E-state index contributed by atoms with van der Waals surface area (Å²) >= 11 is 0. The van der Waals surface area contributed by atoms with Gasteiger partial charge in [-0.2, -0.15) is 5.10 Å². The number of ether oxygens (including phenoxy) is 1. The van der Waals surface area contributed by atoms with Crippen molar-refractivity contribution in [3.8, 4) is 16.8 Å². The Balaban J connectivity index is 1.68. The van der Waals surface area contributed by atoms with Crippen LogP contribution in [0.5, 0.6) is 0 Å². The second-order valence-corrected chi connectivity index (χ2v) is 10.8.